The molecule has 2 aromatic carbocycles. The van der Waals surface area contributed by atoms with Crippen molar-refractivity contribution in [2.24, 2.45) is 11.1 Å². The first-order valence-corrected chi connectivity index (χ1v) is 42.3. The fourth-order valence-electron chi connectivity index (χ4n) is 11.4. The first kappa shape index (κ1) is 122. The number of carbonyl (C=O) groups is 9. The summed E-state index contributed by atoms with van der Waals surface area (Å²) in [5.41, 5.74) is 3.25. The van der Waals surface area contributed by atoms with E-state index in [0.717, 1.165) is 61.8 Å². The summed E-state index contributed by atoms with van der Waals surface area (Å²) < 4.78 is 254. The van der Waals surface area contributed by atoms with Crippen molar-refractivity contribution in [3.63, 3.8) is 0 Å². The minimum Gasteiger partial charge on any atom is -0.476 e. The zero-order chi connectivity index (χ0) is 104. The number of hydrogen-bond acceptors (Lipinski definition) is 16. The molecule has 0 unspecified atom stereocenters. The van der Waals surface area contributed by atoms with Crippen LogP contribution >= 0.6 is 15.9 Å². The molecule has 0 aliphatic carbocycles. The van der Waals surface area contributed by atoms with Gasteiger partial charge in [0.2, 0.25) is 5.78 Å². The van der Waals surface area contributed by atoms with Gasteiger partial charge in [-0.05, 0) is 94.6 Å². The van der Waals surface area contributed by atoms with Crippen LogP contribution in [0.2, 0.25) is 0 Å². The molecule has 1 atom stereocenters. The Balaban J connectivity index is 0.000000832. The van der Waals surface area contributed by atoms with Crippen molar-refractivity contribution in [1.29, 1.82) is 0 Å². The van der Waals surface area contributed by atoms with Crippen LogP contribution in [0.5, 0.6) is 0 Å². The molecule has 135 heavy (non-hydrogen) atoms. The van der Waals surface area contributed by atoms with Crippen LogP contribution < -0.4 is 19.8 Å². The molecule has 0 aliphatic heterocycles. The van der Waals surface area contributed by atoms with Crippen LogP contribution in [-0.4, -0.2) is 136 Å². The second-order valence-electron chi connectivity index (χ2n) is 36.0. The van der Waals surface area contributed by atoms with Gasteiger partial charge in [0.05, 0.1) is 73.4 Å². The van der Waals surface area contributed by atoms with Crippen molar-refractivity contribution < 1.29 is 160 Å². The Kier molecular flexibility index (Phi) is 45.0. The highest BCUT2D eigenvalue weighted by atomic mass is 79.9. The highest BCUT2D eigenvalue weighted by molar-refractivity contribution is 9.09. The number of H-pyrrole nitrogens is 3. The molecule has 0 aliphatic rings. The van der Waals surface area contributed by atoms with Crippen molar-refractivity contribution in [2.45, 2.75) is 283 Å². The lowest BCUT2D eigenvalue weighted by molar-refractivity contribution is -0.756. The standard InChI is InChI=1S/C31H31F3N4O2.3C12H17F3N2O2.C10H13F3N2O2.C8H11F3O2.C4H7BrO2.CH4/c1-18-10-28(31(2,3)4)37-38(18)17-24(39)14-21(11-19-12-22(32)16-23(33)13-19)29-25(6-5-9-36-29)20-7-8-27(34)26(15-20)30(35)40;1-5-19-10(18)7-17-9(11(2,3)4)6-8(16-17)12(13,14)15;2*1-5-19-10(18)7-17-9(12(13,14)15)6-8(16-17)11(2,3)4;1-9(2,3)6-4-7(10(11,12)13)15(14-6)5-8(16)17;1-7(2,3)5(12)4-6(13)8(9,10)11;1-2-7-4(6)3-5;/h5-10,12-13,15-16,21H,11,14,17H2,1-4H3,(H2,35,40);3*6H,5,7H2,1-4H3;4H,5H2,1-3H3,(H,16,17);4H2,1-3H3;2-3H2,1H3;1H4/p+3/t21-;;;;;;;/m1......./s1. The number of rotatable bonds is 24. The van der Waals surface area contributed by atoms with Crippen LogP contribution in [0.3, 0.4) is 0 Å². The number of aliphatic carboxylic acids is 1. The first-order valence-electron chi connectivity index (χ1n) is 41.2. The topological polar surface area (TPSA) is 344 Å². The lowest BCUT2D eigenvalue weighted by Gasteiger charge is -2.20. The molecule has 754 valence electrons. The number of hydrogen-bond donors (Lipinski definition) is 5. The molecular weight excluding hydrogens is 1890 g/mol. The molecule has 8 rings (SSSR count). The lowest BCUT2D eigenvalue weighted by atomic mass is 9.86. The van der Waals surface area contributed by atoms with Crippen molar-refractivity contribution in [3.05, 3.63) is 176 Å². The maximum atomic E-state index is 14.2. The summed E-state index contributed by atoms with van der Waals surface area (Å²) >= 11 is 2.94. The van der Waals surface area contributed by atoms with Crippen LogP contribution in [0.15, 0.2) is 85.1 Å². The first-order chi connectivity index (χ1) is 60.8. The molecule has 0 radical (unpaired) electrons. The fourth-order valence-corrected chi connectivity index (χ4v) is 11.6. The molecule has 0 saturated heterocycles. The minimum atomic E-state index is -4.90. The van der Waals surface area contributed by atoms with Crippen LogP contribution in [0.1, 0.15) is 257 Å². The minimum absolute atomic E-state index is 0. The molecule has 6 aromatic heterocycles. The summed E-state index contributed by atoms with van der Waals surface area (Å²) in [4.78, 5) is 106. The van der Waals surface area contributed by atoms with Crippen molar-refractivity contribution >= 4 is 69.0 Å². The Morgan fingerprint density at radius 3 is 1.25 bits per heavy atom. The third kappa shape index (κ3) is 41.0. The third-order valence-corrected chi connectivity index (χ3v) is 18.7. The molecule has 0 fully saturated rings. The van der Waals surface area contributed by atoms with E-state index in [4.69, 9.17) is 15.6 Å². The zero-order valence-electron chi connectivity index (χ0n) is 78.4. The van der Waals surface area contributed by atoms with E-state index in [1.165, 1.54) is 45.0 Å². The van der Waals surface area contributed by atoms with Gasteiger partial charge >= 0.3 is 77.8 Å². The second-order valence-corrected chi connectivity index (χ2v) is 36.6. The molecule has 8 aromatic rings. The number of ether oxygens (including phenoxy) is 4. The quantitative estimate of drug-likeness (QED) is 0.00937. The Morgan fingerprint density at radius 1 is 0.489 bits per heavy atom. The van der Waals surface area contributed by atoms with E-state index in [0.29, 0.717) is 61.8 Å². The Bertz CT molecular complexity index is 5040. The van der Waals surface area contributed by atoms with Gasteiger partial charge in [-0.1, -0.05) is 174 Å². The number of nitrogens with zero attached hydrogens (tertiary/aromatic N) is 8. The highest BCUT2D eigenvalue weighted by Crippen LogP contribution is 2.38. The number of carboxylic acid groups (broad SMARTS) is 1. The summed E-state index contributed by atoms with van der Waals surface area (Å²) in [7, 11) is 0. The number of primary amides is 1. The van der Waals surface area contributed by atoms with E-state index >= 15 is 0 Å². The summed E-state index contributed by atoms with van der Waals surface area (Å²) in [6.45, 7) is 39.1. The largest absolute Gasteiger partial charge is 0.479 e. The van der Waals surface area contributed by atoms with Gasteiger partial charge in [-0.3, -0.25) is 43.1 Å². The number of aromatic nitrogens is 11. The summed E-state index contributed by atoms with van der Waals surface area (Å²) in [5, 5.41) is 24.6. The van der Waals surface area contributed by atoms with Gasteiger partial charge in [-0.25, -0.2) is 27.6 Å². The maximum Gasteiger partial charge on any atom is 0.479 e. The molecule has 6 N–H and O–H groups in total. The smallest absolute Gasteiger partial charge is 0.476 e. The van der Waals surface area contributed by atoms with E-state index in [-0.39, 0.29) is 75.9 Å². The average Bonchev–Trinajstić information content (AvgIpc) is 1.67. The second kappa shape index (κ2) is 50.0. The molecule has 6 heterocycles. The SMILES string of the molecule is C.CC(C)(C)C(=O)CC(=O)C(F)(F)F.CC(C)(C)c1cc(C(F)(F)F)[n+](CC(=O)O)[nH]1.CCOC(=O)CBr.CCOC(=O)C[n+]1[nH]c(C(C)(C)C)cc1C(F)(F)F.CCOC(=O)C[n+]1[nH]c(C(C)(C)C)cc1C(F)(F)F.CCOC(=O)Cn1nc(C(F)(F)F)cc1C(C)(C)C.Cc1cc(C(C)(C)C)nn1CC(=O)C[C@@H](Cc1cc(F)cc(F)c1)c1ncccc1-c1ccc(F)c(C(N)=O)c1. The lowest BCUT2D eigenvalue weighted by Crippen LogP contribution is -2.46. The predicted molar refractivity (Wildman–Crippen MR) is 461 cm³/mol. The monoisotopic (exact) mass is 2010 g/mol. The number of ketones is 3. The number of pyridine rings is 1. The van der Waals surface area contributed by atoms with Gasteiger partial charge in [0.25, 0.3) is 25.5 Å². The fraction of sp³-hybridized carbons (Fsp3) is 0.544. The number of Topliss-reactive ketones (excluding diaryl/α,β-unsaturated/α-hetero) is 3. The van der Waals surface area contributed by atoms with Crippen LogP contribution in [0, 0.1) is 29.8 Å². The number of carboxylic acids is 1. The van der Waals surface area contributed by atoms with Gasteiger partial charge in [-0.2, -0.15) is 91.3 Å². The number of nitrogens with two attached hydrogens (primary N) is 1. The number of alkyl halides is 16. The number of halogens is 19. The van der Waals surface area contributed by atoms with Gasteiger partial charge in [0.15, 0.2) is 11.5 Å². The molecule has 45 heteroatoms. The van der Waals surface area contributed by atoms with E-state index in [1.807, 2.05) is 33.8 Å². The van der Waals surface area contributed by atoms with E-state index in [1.54, 1.807) is 134 Å². The summed E-state index contributed by atoms with van der Waals surface area (Å²) in [6, 6.07) is 16.5. The molecule has 0 saturated carbocycles. The Hall–Kier alpha value is -11.3. The molecule has 1 amide bonds. The highest BCUT2D eigenvalue weighted by Gasteiger charge is 2.48. The number of nitrogens with one attached hydrogen (secondary N) is 3. The van der Waals surface area contributed by atoms with Gasteiger partial charge in [-0.15, -0.1) is 0 Å². The van der Waals surface area contributed by atoms with Crippen LogP contribution in [0.25, 0.3) is 11.1 Å². The van der Waals surface area contributed by atoms with E-state index in [9.17, 15) is 122 Å². The number of aromatic amines is 3. The van der Waals surface area contributed by atoms with Gasteiger partial charge in [0, 0.05) is 92.2 Å². The number of aryl methyl sites for hydroxylation is 1. The Morgan fingerprint density at radius 2 is 0.904 bits per heavy atom. The van der Waals surface area contributed by atoms with Gasteiger partial charge < -0.3 is 29.8 Å². The van der Waals surface area contributed by atoms with Crippen LogP contribution in [-0.2, 0) is 148 Å². The van der Waals surface area contributed by atoms with Gasteiger partial charge in [0.1, 0.15) is 35.1 Å². The van der Waals surface area contributed by atoms with E-state index in [2.05, 4.69) is 60.6 Å². The number of amides is 1. The molecule has 0 bridgehead atoms. The normalized spacial score (nSPS) is 12.3. The summed E-state index contributed by atoms with van der Waals surface area (Å²) in [5.74, 6) is -10.1. The molecule has 0 spiro atoms. The maximum absolute atomic E-state index is 14.2. The predicted octanol–water partition coefficient (Wildman–Crippen LogP) is 18.6. The van der Waals surface area contributed by atoms with Crippen molar-refractivity contribution in [3.8, 4) is 11.1 Å². The molecule has 26 nitrogen and oxygen atoms in total. The van der Waals surface area contributed by atoms with Crippen molar-refractivity contribution in [2.75, 3.05) is 31.8 Å². The van der Waals surface area contributed by atoms with Crippen LogP contribution in [0.4, 0.5) is 79.0 Å². The number of esters is 4. The number of benzene rings is 2. The third-order valence-electron chi connectivity index (χ3n) is 18.3. The number of carbonyl (C=O) groups excluding carboxylic acids is 8. The zero-order valence-corrected chi connectivity index (χ0v) is 80.0. The average molecular weight is 2020 g/mol. The van der Waals surface area contributed by atoms with E-state index < -0.39 is 172 Å². The van der Waals surface area contributed by atoms with Crippen molar-refractivity contribution in [1.82, 2.24) is 39.8 Å². The summed E-state index contributed by atoms with van der Waals surface area (Å²) in [6.07, 6.45) is -22.5. The Labute approximate surface area is 778 Å². The molecular formula is C90H120BrF18N12O14+3.